The standard InChI is InChI=1S/C17H16ClN3OS/c1-11(2)21-8-7-12(10-21)9-15-16(22)20-17(23-15)19-14-5-3-13(18)4-6-14/h3-11H,1-2H3,(H,19,20,22)/b15-9+. The lowest BCUT2D eigenvalue weighted by Crippen LogP contribution is -2.19. The summed E-state index contributed by atoms with van der Waals surface area (Å²) in [5.74, 6) is -0.125. The maximum absolute atomic E-state index is 12.1. The van der Waals surface area contributed by atoms with Gasteiger partial charge in [0.1, 0.15) is 0 Å². The third-order valence-electron chi connectivity index (χ3n) is 3.34. The van der Waals surface area contributed by atoms with Gasteiger partial charge in [-0.3, -0.25) is 4.79 Å². The highest BCUT2D eigenvalue weighted by molar-refractivity contribution is 8.18. The van der Waals surface area contributed by atoms with Crippen LogP contribution < -0.4 is 5.32 Å². The Morgan fingerprint density at radius 3 is 2.65 bits per heavy atom. The van der Waals surface area contributed by atoms with Crippen LogP contribution in [0.5, 0.6) is 0 Å². The molecule has 1 aromatic carbocycles. The molecule has 0 aliphatic carbocycles. The van der Waals surface area contributed by atoms with Gasteiger partial charge in [0, 0.05) is 23.5 Å². The third-order valence-corrected chi connectivity index (χ3v) is 4.50. The third kappa shape index (κ3) is 3.86. The van der Waals surface area contributed by atoms with Crippen molar-refractivity contribution in [3.05, 3.63) is 58.2 Å². The van der Waals surface area contributed by atoms with Crippen molar-refractivity contribution in [1.29, 1.82) is 0 Å². The SMILES string of the molecule is CC(C)n1ccc(/C=C2/SC(=Nc3ccc(Cl)cc3)NC2=O)c1. The number of amides is 1. The summed E-state index contributed by atoms with van der Waals surface area (Å²) < 4.78 is 2.10. The Bertz CT molecular complexity index is 790. The number of hydrogen-bond acceptors (Lipinski definition) is 3. The molecule has 0 radical (unpaired) electrons. The summed E-state index contributed by atoms with van der Waals surface area (Å²) in [5.41, 5.74) is 1.76. The quantitative estimate of drug-likeness (QED) is 0.825. The zero-order valence-electron chi connectivity index (χ0n) is 12.8. The summed E-state index contributed by atoms with van der Waals surface area (Å²) in [6.07, 6.45) is 5.92. The molecule has 1 saturated heterocycles. The minimum absolute atomic E-state index is 0.125. The molecule has 2 heterocycles. The van der Waals surface area contributed by atoms with Gasteiger partial charge in [-0.05, 0) is 67.6 Å². The fourth-order valence-electron chi connectivity index (χ4n) is 2.10. The Hall–Kier alpha value is -1.98. The van der Waals surface area contributed by atoms with Crippen LogP contribution >= 0.6 is 23.4 Å². The fraction of sp³-hybridized carbons (Fsp3) is 0.176. The van der Waals surface area contributed by atoms with E-state index in [4.69, 9.17) is 11.6 Å². The van der Waals surface area contributed by atoms with E-state index >= 15 is 0 Å². The summed E-state index contributed by atoms with van der Waals surface area (Å²) in [6.45, 7) is 4.23. The number of hydrogen-bond donors (Lipinski definition) is 1. The van der Waals surface area contributed by atoms with Crippen LogP contribution in [-0.4, -0.2) is 15.6 Å². The first-order valence-electron chi connectivity index (χ1n) is 7.24. The van der Waals surface area contributed by atoms with Gasteiger partial charge in [-0.25, -0.2) is 4.99 Å². The second-order valence-electron chi connectivity index (χ2n) is 5.44. The molecule has 1 amide bonds. The molecule has 0 unspecified atom stereocenters. The summed E-state index contributed by atoms with van der Waals surface area (Å²) in [5, 5.41) is 4.02. The highest BCUT2D eigenvalue weighted by Gasteiger charge is 2.23. The van der Waals surface area contributed by atoms with Crippen molar-refractivity contribution in [3.8, 4) is 0 Å². The summed E-state index contributed by atoms with van der Waals surface area (Å²) in [6, 6.07) is 9.56. The molecule has 3 rings (SSSR count). The van der Waals surface area contributed by atoms with E-state index in [9.17, 15) is 4.79 Å². The number of benzene rings is 1. The predicted molar refractivity (Wildman–Crippen MR) is 97.1 cm³/mol. The molecule has 23 heavy (non-hydrogen) atoms. The molecule has 0 atom stereocenters. The maximum Gasteiger partial charge on any atom is 0.264 e. The van der Waals surface area contributed by atoms with Gasteiger partial charge in [0.2, 0.25) is 0 Å². The number of aliphatic imine (C=N–C) groups is 1. The normalized spacial score (nSPS) is 18.2. The number of carbonyl (C=O) groups excluding carboxylic acids is 1. The number of halogens is 1. The van der Waals surface area contributed by atoms with Crippen LogP contribution in [0.3, 0.4) is 0 Å². The number of rotatable bonds is 3. The van der Waals surface area contributed by atoms with Crippen molar-refractivity contribution < 1.29 is 4.79 Å². The molecule has 0 bridgehead atoms. The van der Waals surface area contributed by atoms with Gasteiger partial charge in [0.05, 0.1) is 10.6 Å². The molecular formula is C17H16ClN3OS. The van der Waals surface area contributed by atoms with Gasteiger partial charge in [0.15, 0.2) is 5.17 Å². The van der Waals surface area contributed by atoms with Crippen LogP contribution in [0, 0.1) is 0 Å². The molecule has 1 aliphatic heterocycles. The van der Waals surface area contributed by atoms with Gasteiger partial charge in [-0.15, -0.1) is 0 Å². The fourth-order valence-corrected chi connectivity index (χ4v) is 3.07. The van der Waals surface area contributed by atoms with Crippen molar-refractivity contribution in [2.75, 3.05) is 0 Å². The minimum Gasteiger partial charge on any atom is -0.351 e. The summed E-state index contributed by atoms with van der Waals surface area (Å²) >= 11 is 7.19. The first-order valence-corrected chi connectivity index (χ1v) is 8.43. The lowest BCUT2D eigenvalue weighted by molar-refractivity contribution is -0.115. The Labute approximate surface area is 144 Å². The van der Waals surface area contributed by atoms with Gasteiger partial charge < -0.3 is 9.88 Å². The van der Waals surface area contributed by atoms with Crippen molar-refractivity contribution >= 4 is 46.2 Å². The first kappa shape index (κ1) is 15.9. The second kappa shape index (κ2) is 6.64. The molecule has 1 N–H and O–H groups in total. The number of carbonyl (C=O) groups is 1. The average molecular weight is 346 g/mol. The van der Waals surface area contributed by atoms with E-state index in [1.165, 1.54) is 11.8 Å². The van der Waals surface area contributed by atoms with E-state index in [0.29, 0.717) is 21.1 Å². The molecule has 0 spiro atoms. The van der Waals surface area contributed by atoms with Crippen LogP contribution in [0.2, 0.25) is 5.02 Å². The van der Waals surface area contributed by atoms with Gasteiger partial charge >= 0.3 is 0 Å². The number of amidine groups is 1. The number of aromatic nitrogens is 1. The topological polar surface area (TPSA) is 46.4 Å². The van der Waals surface area contributed by atoms with Crippen molar-refractivity contribution in [3.63, 3.8) is 0 Å². The summed E-state index contributed by atoms with van der Waals surface area (Å²) in [4.78, 5) is 17.1. The molecule has 4 nitrogen and oxygen atoms in total. The average Bonchev–Trinajstić information content (AvgIpc) is 3.10. The highest BCUT2D eigenvalue weighted by Crippen LogP contribution is 2.28. The van der Waals surface area contributed by atoms with E-state index in [-0.39, 0.29) is 5.91 Å². The predicted octanol–water partition coefficient (Wildman–Crippen LogP) is 4.61. The lowest BCUT2D eigenvalue weighted by Gasteiger charge is -2.04. The number of nitrogens with zero attached hydrogens (tertiary/aromatic N) is 2. The van der Waals surface area contributed by atoms with Crippen LogP contribution in [0.1, 0.15) is 25.5 Å². The van der Waals surface area contributed by atoms with E-state index in [0.717, 1.165) is 11.3 Å². The molecule has 0 saturated carbocycles. The lowest BCUT2D eigenvalue weighted by atomic mass is 10.3. The molecule has 1 aromatic heterocycles. The van der Waals surface area contributed by atoms with Crippen LogP contribution in [-0.2, 0) is 4.79 Å². The number of nitrogens with one attached hydrogen (secondary N) is 1. The highest BCUT2D eigenvalue weighted by atomic mass is 35.5. The second-order valence-corrected chi connectivity index (χ2v) is 6.91. The first-order chi connectivity index (χ1) is 11.0. The molecule has 6 heteroatoms. The van der Waals surface area contributed by atoms with Gasteiger partial charge in [-0.1, -0.05) is 11.6 Å². The Morgan fingerprint density at radius 1 is 1.26 bits per heavy atom. The van der Waals surface area contributed by atoms with E-state index < -0.39 is 0 Å². The van der Waals surface area contributed by atoms with Gasteiger partial charge in [0.25, 0.3) is 5.91 Å². The zero-order chi connectivity index (χ0) is 16.4. The monoisotopic (exact) mass is 345 g/mol. The van der Waals surface area contributed by atoms with E-state index in [1.54, 1.807) is 12.1 Å². The van der Waals surface area contributed by atoms with E-state index in [2.05, 4.69) is 28.7 Å². The maximum atomic E-state index is 12.1. The van der Waals surface area contributed by atoms with Crippen molar-refractivity contribution in [1.82, 2.24) is 9.88 Å². The van der Waals surface area contributed by atoms with Gasteiger partial charge in [-0.2, -0.15) is 0 Å². The Kier molecular flexibility index (Phi) is 4.59. The Balaban J connectivity index is 1.78. The molecule has 1 aliphatic rings. The van der Waals surface area contributed by atoms with Crippen molar-refractivity contribution in [2.45, 2.75) is 19.9 Å². The van der Waals surface area contributed by atoms with E-state index in [1.807, 2.05) is 36.7 Å². The molecule has 118 valence electrons. The summed E-state index contributed by atoms with van der Waals surface area (Å²) in [7, 11) is 0. The van der Waals surface area contributed by atoms with Crippen LogP contribution in [0.4, 0.5) is 5.69 Å². The van der Waals surface area contributed by atoms with Crippen LogP contribution in [0.25, 0.3) is 6.08 Å². The molecular weight excluding hydrogens is 330 g/mol. The smallest absolute Gasteiger partial charge is 0.264 e. The minimum atomic E-state index is -0.125. The Morgan fingerprint density at radius 2 is 2.00 bits per heavy atom. The van der Waals surface area contributed by atoms with Crippen LogP contribution in [0.15, 0.2) is 52.6 Å². The molecule has 1 fully saturated rings. The largest absolute Gasteiger partial charge is 0.351 e. The van der Waals surface area contributed by atoms with Crippen molar-refractivity contribution in [2.24, 2.45) is 4.99 Å². The zero-order valence-corrected chi connectivity index (χ0v) is 14.4. The number of thioether (sulfide) groups is 1. The molecule has 2 aromatic rings.